The van der Waals surface area contributed by atoms with E-state index in [9.17, 15) is 14.3 Å². The molecule has 0 radical (unpaired) electrons. The van der Waals surface area contributed by atoms with E-state index < -0.39 is 17.9 Å². The maximum atomic E-state index is 13.3. The van der Waals surface area contributed by atoms with Gasteiger partial charge in [0.15, 0.2) is 0 Å². The Morgan fingerprint density at radius 1 is 1.53 bits per heavy atom. The highest BCUT2D eigenvalue weighted by atomic mass is 19.1. The first kappa shape index (κ1) is 15.2. The Morgan fingerprint density at radius 3 is 2.63 bits per heavy atom. The Kier molecular flexibility index (Phi) is 4.72. The van der Waals surface area contributed by atoms with Gasteiger partial charge in [-0.05, 0) is 26.8 Å². The molecule has 5 nitrogen and oxygen atoms in total. The van der Waals surface area contributed by atoms with E-state index in [2.05, 4.69) is 5.32 Å². The smallest absolute Gasteiger partial charge is 0.412 e. The van der Waals surface area contributed by atoms with E-state index in [1.807, 2.05) is 0 Å². The number of anilines is 1. The van der Waals surface area contributed by atoms with Gasteiger partial charge in [0.25, 0.3) is 0 Å². The summed E-state index contributed by atoms with van der Waals surface area (Å²) in [5.41, 5.74) is 4.98. The van der Waals surface area contributed by atoms with Crippen LogP contribution in [0.4, 0.5) is 14.9 Å². The minimum absolute atomic E-state index is 0.0947. The minimum Gasteiger partial charge on any atom is -0.507 e. The lowest BCUT2D eigenvalue weighted by Crippen LogP contribution is -2.27. The molecule has 19 heavy (non-hydrogen) atoms. The number of phenols is 1. The predicted octanol–water partition coefficient (Wildman–Crippen LogP) is 2.71. The van der Waals surface area contributed by atoms with E-state index >= 15 is 0 Å². The molecule has 0 bridgehead atoms. The molecule has 1 aromatic carbocycles. The lowest BCUT2D eigenvalue weighted by atomic mass is 10.1. The van der Waals surface area contributed by atoms with Gasteiger partial charge in [0.05, 0.1) is 0 Å². The maximum Gasteiger partial charge on any atom is 0.412 e. The molecule has 1 aromatic rings. The van der Waals surface area contributed by atoms with Crippen LogP contribution >= 0.6 is 0 Å². The first-order valence-corrected chi connectivity index (χ1v) is 5.90. The molecule has 4 N–H and O–H groups in total. The van der Waals surface area contributed by atoms with Crippen LogP contribution in [0, 0.1) is 0 Å². The van der Waals surface area contributed by atoms with Crippen molar-refractivity contribution in [2.45, 2.75) is 32.5 Å². The Hall–Kier alpha value is -1.82. The van der Waals surface area contributed by atoms with Gasteiger partial charge in [0.1, 0.15) is 17.5 Å². The van der Waals surface area contributed by atoms with Gasteiger partial charge in [0, 0.05) is 23.9 Å². The molecule has 0 fully saturated rings. The normalized spacial score (nSPS) is 12.9. The highest BCUT2D eigenvalue weighted by molar-refractivity contribution is 5.85. The molecule has 1 rings (SSSR count). The molecule has 0 spiro atoms. The molecule has 0 aliphatic rings. The monoisotopic (exact) mass is 270 g/mol. The molecule has 0 saturated heterocycles. The third kappa shape index (κ3) is 4.75. The zero-order valence-corrected chi connectivity index (χ0v) is 11.2. The summed E-state index contributed by atoms with van der Waals surface area (Å²) in [7, 11) is 0. The quantitative estimate of drug-likeness (QED) is 0.788. The van der Waals surface area contributed by atoms with Gasteiger partial charge in [-0.15, -0.1) is 0 Å². The number of halogens is 1. The van der Waals surface area contributed by atoms with E-state index in [1.54, 1.807) is 20.8 Å². The lowest BCUT2D eigenvalue weighted by molar-refractivity contribution is 0.0636. The van der Waals surface area contributed by atoms with Crippen LogP contribution in [-0.4, -0.2) is 23.3 Å². The molecule has 6 heteroatoms. The molecule has 0 saturated carbocycles. The highest BCUT2D eigenvalue weighted by Crippen LogP contribution is 2.29. The zero-order chi connectivity index (χ0) is 14.6. The number of nitrogens with two attached hydrogens (primary N) is 1. The number of rotatable bonds is 3. The second kappa shape index (κ2) is 5.88. The Morgan fingerprint density at radius 2 is 2.16 bits per heavy atom. The first-order chi connectivity index (χ1) is 8.73. The average Bonchev–Trinajstić information content (AvgIpc) is 2.25. The number of amides is 1. The van der Waals surface area contributed by atoms with Crippen molar-refractivity contribution in [2.75, 3.05) is 11.9 Å². The number of carbonyl (C=O) groups is 1. The maximum absolute atomic E-state index is 13.3. The van der Waals surface area contributed by atoms with Crippen LogP contribution in [-0.2, 0) is 4.74 Å². The van der Waals surface area contributed by atoms with Gasteiger partial charge in [-0.25, -0.2) is 9.18 Å². The number of nitrogens with one attached hydrogen (secondary N) is 1. The van der Waals surface area contributed by atoms with Crippen molar-refractivity contribution in [3.8, 4) is 5.75 Å². The summed E-state index contributed by atoms with van der Waals surface area (Å²) in [6.07, 6.45) is -2.08. The fourth-order valence-corrected chi connectivity index (χ4v) is 1.43. The predicted molar refractivity (Wildman–Crippen MR) is 70.9 cm³/mol. The van der Waals surface area contributed by atoms with E-state index in [0.29, 0.717) is 5.69 Å². The largest absolute Gasteiger partial charge is 0.507 e. The second-order valence-corrected chi connectivity index (χ2v) is 5.10. The van der Waals surface area contributed by atoms with Crippen LogP contribution in [0.15, 0.2) is 18.2 Å². The van der Waals surface area contributed by atoms with E-state index in [-0.39, 0.29) is 17.9 Å². The van der Waals surface area contributed by atoms with Crippen LogP contribution in [0.1, 0.15) is 32.5 Å². The first-order valence-electron chi connectivity index (χ1n) is 5.90. The third-order valence-electron chi connectivity index (χ3n) is 2.22. The SMILES string of the molecule is CC(C)(C)OC(=O)Nc1ccc(C(F)CN)c(O)c1. The summed E-state index contributed by atoms with van der Waals surface area (Å²) < 4.78 is 18.4. The average molecular weight is 270 g/mol. The summed E-state index contributed by atoms with van der Waals surface area (Å²) in [4.78, 5) is 11.5. The van der Waals surface area contributed by atoms with Crippen LogP contribution in [0.5, 0.6) is 5.75 Å². The molecule has 0 aliphatic heterocycles. The van der Waals surface area contributed by atoms with Gasteiger partial charge in [0.2, 0.25) is 0 Å². The Bertz CT molecular complexity index is 458. The molecule has 0 aliphatic carbocycles. The molecule has 1 amide bonds. The summed E-state index contributed by atoms with van der Waals surface area (Å²) >= 11 is 0. The van der Waals surface area contributed by atoms with Crippen molar-refractivity contribution in [1.82, 2.24) is 0 Å². The van der Waals surface area contributed by atoms with E-state index in [0.717, 1.165) is 0 Å². The number of alkyl halides is 1. The van der Waals surface area contributed by atoms with Gasteiger partial charge in [-0.1, -0.05) is 6.07 Å². The van der Waals surface area contributed by atoms with Crippen LogP contribution in [0.3, 0.4) is 0 Å². The third-order valence-corrected chi connectivity index (χ3v) is 2.22. The molecule has 0 aromatic heterocycles. The van der Waals surface area contributed by atoms with Gasteiger partial charge in [-0.3, -0.25) is 5.32 Å². The highest BCUT2D eigenvalue weighted by Gasteiger charge is 2.17. The fourth-order valence-electron chi connectivity index (χ4n) is 1.43. The molecular weight excluding hydrogens is 251 g/mol. The topological polar surface area (TPSA) is 84.6 Å². The van der Waals surface area contributed by atoms with Crippen LogP contribution in [0.25, 0.3) is 0 Å². The van der Waals surface area contributed by atoms with E-state index in [4.69, 9.17) is 10.5 Å². The van der Waals surface area contributed by atoms with Crippen LogP contribution in [0.2, 0.25) is 0 Å². The summed E-state index contributed by atoms with van der Waals surface area (Å²) in [5, 5.41) is 12.1. The molecule has 1 atom stereocenters. The van der Waals surface area contributed by atoms with Gasteiger partial charge in [-0.2, -0.15) is 0 Å². The number of hydrogen-bond donors (Lipinski definition) is 3. The number of phenolic OH excluding ortho intramolecular Hbond substituents is 1. The minimum atomic E-state index is -1.43. The van der Waals surface area contributed by atoms with E-state index in [1.165, 1.54) is 18.2 Å². The number of carbonyl (C=O) groups excluding carboxylic acids is 1. The zero-order valence-electron chi connectivity index (χ0n) is 11.2. The second-order valence-electron chi connectivity index (χ2n) is 5.10. The fraction of sp³-hybridized carbons (Fsp3) is 0.462. The van der Waals surface area contributed by atoms with Crippen molar-refractivity contribution in [3.63, 3.8) is 0 Å². The Labute approximate surface area is 111 Å². The number of ether oxygens (including phenoxy) is 1. The molecule has 1 unspecified atom stereocenters. The standard InChI is InChI=1S/C13H19FN2O3/c1-13(2,3)19-12(18)16-8-4-5-9(10(14)7-15)11(17)6-8/h4-6,10,17H,7,15H2,1-3H3,(H,16,18). The van der Waals surface area contributed by atoms with Gasteiger partial charge >= 0.3 is 6.09 Å². The molecule has 0 heterocycles. The van der Waals surface area contributed by atoms with Crippen molar-refractivity contribution in [2.24, 2.45) is 5.73 Å². The summed E-state index contributed by atoms with van der Waals surface area (Å²) in [5.74, 6) is -0.258. The lowest BCUT2D eigenvalue weighted by Gasteiger charge is -2.20. The molecular formula is C13H19FN2O3. The Balaban J connectivity index is 2.76. The van der Waals surface area contributed by atoms with Crippen molar-refractivity contribution >= 4 is 11.8 Å². The number of benzene rings is 1. The van der Waals surface area contributed by atoms with Crippen molar-refractivity contribution in [1.29, 1.82) is 0 Å². The van der Waals surface area contributed by atoms with Crippen LogP contribution < -0.4 is 11.1 Å². The van der Waals surface area contributed by atoms with Gasteiger partial charge < -0.3 is 15.6 Å². The number of aromatic hydroxyl groups is 1. The summed E-state index contributed by atoms with van der Waals surface area (Å²) in [6.45, 7) is 5.00. The van der Waals surface area contributed by atoms with Crippen molar-refractivity contribution < 1.29 is 19.0 Å². The van der Waals surface area contributed by atoms with Crippen molar-refractivity contribution in [3.05, 3.63) is 23.8 Å². The molecule has 106 valence electrons. The number of hydrogen-bond acceptors (Lipinski definition) is 4. The summed E-state index contributed by atoms with van der Waals surface area (Å²) in [6, 6.07) is 4.10.